The minimum absolute atomic E-state index is 0.0262. The van der Waals surface area contributed by atoms with E-state index in [0.29, 0.717) is 16.9 Å². The van der Waals surface area contributed by atoms with E-state index < -0.39 is 0 Å². The van der Waals surface area contributed by atoms with Crippen LogP contribution in [-0.4, -0.2) is 24.4 Å². The number of ether oxygens (including phenoxy) is 1. The Morgan fingerprint density at radius 1 is 0.955 bits per heavy atom. The van der Waals surface area contributed by atoms with Gasteiger partial charge in [-0.15, -0.1) is 0 Å². The molecule has 3 unspecified atom stereocenters. The van der Waals surface area contributed by atoms with Crippen LogP contribution < -0.4 is 0 Å². The molecular formula is C20H34O2. The van der Waals surface area contributed by atoms with Crippen LogP contribution in [0.5, 0.6) is 0 Å². The molecule has 1 N–H and O–H groups in total. The highest BCUT2D eigenvalue weighted by molar-refractivity contribution is 5.09. The van der Waals surface area contributed by atoms with Gasteiger partial charge in [-0.25, -0.2) is 0 Å². The summed E-state index contributed by atoms with van der Waals surface area (Å²) >= 11 is 0. The van der Waals surface area contributed by atoms with Crippen molar-refractivity contribution in [3.05, 3.63) is 0 Å². The summed E-state index contributed by atoms with van der Waals surface area (Å²) in [4.78, 5) is 0. The van der Waals surface area contributed by atoms with Crippen molar-refractivity contribution < 1.29 is 9.84 Å². The summed E-state index contributed by atoms with van der Waals surface area (Å²) < 4.78 is 5.94. The molecule has 22 heavy (non-hydrogen) atoms. The van der Waals surface area contributed by atoms with Crippen molar-refractivity contribution in [2.75, 3.05) is 7.11 Å². The normalized spacial score (nSPS) is 57.8. The predicted molar refractivity (Wildman–Crippen MR) is 88.5 cm³/mol. The van der Waals surface area contributed by atoms with Gasteiger partial charge >= 0.3 is 0 Å². The number of aliphatic hydroxyl groups excluding tert-OH is 1. The molecule has 0 aromatic rings. The summed E-state index contributed by atoms with van der Waals surface area (Å²) in [6, 6.07) is 0. The lowest BCUT2D eigenvalue weighted by Gasteiger charge is -2.60. The summed E-state index contributed by atoms with van der Waals surface area (Å²) in [7, 11) is 1.93. The van der Waals surface area contributed by atoms with E-state index in [1.54, 1.807) is 0 Å². The second kappa shape index (κ2) is 5.21. The van der Waals surface area contributed by atoms with Crippen LogP contribution in [0.2, 0.25) is 0 Å². The van der Waals surface area contributed by atoms with Gasteiger partial charge in [-0.05, 0) is 92.3 Å². The Bertz CT molecular complexity index is 435. The first-order valence-corrected chi connectivity index (χ1v) is 9.69. The highest BCUT2D eigenvalue weighted by Gasteiger charge is 2.60. The molecule has 4 fully saturated rings. The smallest absolute Gasteiger partial charge is 0.0607 e. The highest BCUT2D eigenvalue weighted by Crippen LogP contribution is 2.66. The molecule has 0 spiro atoms. The van der Waals surface area contributed by atoms with E-state index in [4.69, 9.17) is 4.74 Å². The minimum Gasteiger partial charge on any atom is -0.393 e. The van der Waals surface area contributed by atoms with E-state index in [1.807, 2.05) is 7.11 Å². The van der Waals surface area contributed by atoms with Crippen LogP contribution in [0.3, 0.4) is 0 Å². The minimum atomic E-state index is -0.0262. The largest absolute Gasteiger partial charge is 0.393 e. The molecule has 126 valence electrons. The van der Waals surface area contributed by atoms with Crippen LogP contribution in [0.1, 0.15) is 71.6 Å². The quantitative estimate of drug-likeness (QED) is 0.778. The van der Waals surface area contributed by atoms with Crippen molar-refractivity contribution in [3.8, 4) is 0 Å². The lowest BCUT2D eigenvalue weighted by molar-refractivity contribution is -0.139. The van der Waals surface area contributed by atoms with Gasteiger partial charge in [-0.2, -0.15) is 0 Å². The molecule has 0 saturated heterocycles. The molecular weight excluding hydrogens is 272 g/mol. The van der Waals surface area contributed by atoms with Gasteiger partial charge in [0.25, 0.3) is 0 Å². The molecule has 0 radical (unpaired) electrons. The van der Waals surface area contributed by atoms with Gasteiger partial charge in [0.2, 0.25) is 0 Å². The van der Waals surface area contributed by atoms with Crippen LogP contribution in [0.15, 0.2) is 0 Å². The third-order valence-corrected chi connectivity index (χ3v) is 8.71. The van der Waals surface area contributed by atoms with Crippen LogP contribution >= 0.6 is 0 Å². The standard InChI is InChI=1S/C20H34O2/c1-19-9-7-16-15(18(19)17(22-3)8-10-19)5-4-13-12-14(21)6-11-20(13,16)2/h13-18,21H,4-12H2,1-3H3/t13?,14-,15+,16?,17+,18?,19+,20-/m1/s1. The van der Waals surface area contributed by atoms with Crippen LogP contribution in [0, 0.1) is 34.5 Å². The van der Waals surface area contributed by atoms with Gasteiger partial charge in [0.05, 0.1) is 12.2 Å². The van der Waals surface area contributed by atoms with E-state index in [1.165, 1.54) is 44.9 Å². The SMILES string of the molecule is CO[C@H]1CC[C@]2(C)CCC3[C@H](CCC4C[C@H](O)CC[C@]43C)C12. The molecule has 2 heteroatoms. The number of fused-ring (bicyclic) bond motifs is 5. The van der Waals surface area contributed by atoms with Gasteiger partial charge in [-0.3, -0.25) is 0 Å². The average Bonchev–Trinajstić information content (AvgIpc) is 2.85. The van der Waals surface area contributed by atoms with Crippen molar-refractivity contribution in [2.45, 2.75) is 83.8 Å². The first kappa shape index (κ1) is 15.4. The zero-order valence-electron chi connectivity index (χ0n) is 14.7. The van der Waals surface area contributed by atoms with Crippen molar-refractivity contribution >= 4 is 0 Å². The van der Waals surface area contributed by atoms with E-state index in [9.17, 15) is 5.11 Å². The molecule has 4 saturated carbocycles. The zero-order valence-corrected chi connectivity index (χ0v) is 14.7. The Morgan fingerprint density at radius 3 is 2.50 bits per heavy atom. The summed E-state index contributed by atoms with van der Waals surface area (Å²) in [5, 5.41) is 10.1. The molecule has 2 nitrogen and oxygen atoms in total. The molecule has 4 aliphatic carbocycles. The lowest BCUT2D eigenvalue weighted by Crippen LogP contribution is -2.54. The molecule has 0 amide bonds. The average molecular weight is 306 g/mol. The van der Waals surface area contributed by atoms with Crippen molar-refractivity contribution in [3.63, 3.8) is 0 Å². The van der Waals surface area contributed by atoms with Gasteiger partial charge < -0.3 is 9.84 Å². The van der Waals surface area contributed by atoms with Crippen LogP contribution in [-0.2, 0) is 4.74 Å². The second-order valence-corrected chi connectivity index (χ2v) is 9.51. The third-order valence-electron chi connectivity index (χ3n) is 8.71. The number of aliphatic hydroxyl groups is 1. The lowest BCUT2D eigenvalue weighted by atomic mass is 9.45. The monoisotopic (exact) mass is 306 g/mol. The number of methoxy groups -OCH3 is 1. The number of rotatable bonds is 1. The molecule has 8 atom stereocenters. The van der Waals surface area contributed by atoms with Crippen molar-refractivity contribution in [2.24, 2.45) is 34.5 Å². The van der Waals surface area contributed by atoms with E-state index in [0.717, 1.165) is 36.5 Å². The fourth-order valence-corrected chi connectivity index (χ4v) is 7.49. The van der Waals surface area contributed by atoms with Crippen molar-refractivity contribution in [1.29, 1.82) is 0 Å². The van der Waals surface area contributed by atoms with Gasteiger partial charge in [0.1, 0.15) is 0 Å². The van der Waals surface area contributed by atoms with Crippen molar-refractivity contribution in [1.82, 2.24) is 0 Å². The predicted octanol–water partition coefficient (Wildman–Crippen LogP) is 4.41. The van der Waals surface area contributed by atoms with Crippen LogP contribution in [0.25, 0.3) is 0 Å². The van der Waals surface area contributed by atoms with E-state index in [2.05, 4.69) is 13.8 Å². The Kier molecular flexibility index (Phi) is 3.66. The summed E-state index contributed by atoms with van der Waals surface area (Å²) in [5.41, 5.74) is 1.03. The van der Waals surface area contributed by atoms with Crippen LogP contribution in [0.4, 0.5) is 0 Å². The molecule has 4 rings (SSSR count). The van der Waals surface area contributed by atoms with Gasteiger partial charge in [0, 0.05) is 7.11 Å². The van der Waals surface area contributed by atoms with E-state index in [-0.39, 0.29) is 6.10 Å². The summed E-state index contributed by atoms with van der Waals surface area (Å²) in [6.45, 7) is 5.12. The molecule has 0 bridgehead atoms. The maximum absolute atomic E-state index is 10.1. The first-order valence-electron chi connectivity index (χ1n) is 9.69. The summed E-state index contributed by atoms with van der Waals surface area (Å²) in [5.74, 6) is 3.32. The molecule has 0 aliphatic heterocycles. The van der Waals surface area contributed by atoms with Gasteiger partial charge in [0.15, 0.2) is 0 Å². The Morgan fingerprint density at radius 2 is 1.73 bits per heavy atom. The Labute approximate surface area is 136 Å². The maximum atomic E-state index is 10.1. The third kappa shape index (κ3) is 2.05. The Balaban J connectivity index is 1.64. The molecule has 0 aromatic heterocycles. The molecule has 0 heterocycles. The fraction of sp³-hybridized carbons (Fsp3) is 1.00. The molecule has 4 aliphatic rings. The maximum Gasteiger partial charge on any atom is 0.0607 e. The Hall–Kier alpha value is -0.0800. The second-order valence-electron chi connectivity index (χ2n) is 9.51. The number of hydrogen-bond acceptors (Lipinski definition) is 2. The fourth-order valence-electron chi connectivity index (χ4n) is 7.49. The van der Waals surface area contributed by atoms with Gasteiger partial charge in [-0.1, -0.05) is 13.8 Å². The van der Waals surface area contributed by atoms with E-state index >= 15 is 0 Å². The topological polar surface area (TPSA) is 29.5 Å². The highest BCUT2D eigenvalue weighted by atomic mass is 16.5. The summed E-state index contributed by atoms with van der Waals surface area (Å²) in [6.07, 6.45) is 12.0. The molecule has 0 aromatic carbocycles. The first-order chi connectivity index (χ1) is 10.5. The zero-order chi connectivity index (χ0) is 15.5. The number of hydrogen-bond donors (Lipinski definition) is 1.